The van der Waals surface area contributed by atoms with Gasteiger partial charge in [-0.1, -0.05) is 19.0 Å². The van der Waals surface area contributed by atoms with Crippen LogP contribution >= 0.6 is 0 Å². The average molecular weight is 335 g/mol. The van der Waals surface area contributed by atoms with Gasteiger partial charge in [0.1, 0.15) is 6.26 Å². The molecule has 1 N–H and O–H groups in total. The first-order valence-electron chi connectivity index (χ1n) is 9.33. The fourth-order valence-corrected chi connectivity index (χ4v) is 4.45. The molecule has 5 heteroatoms. The van der Waals surface area contributed by atoms with Crippen molar-refractivity contribution < 1.29 is 9.26 Å². The maximum Gasteiger partial charge on any atom is 0.128 e. The Kier molecular flexibility index (Phi) is 5.33. The van der Waals surface area contributed by atoms with Crippen LogP contribution in [0.3, 0.4) is 0 Å². The topological polar surface area (TPSA) is 50.5 Å². The van der Waals surface area contributed by atoms with Crippen LogP contribution in [0.2, 0.25) is 0 Å². The summed E-state index contributed by atoms with van der Waals surface area (Å²) in [7, 11) is 4.14. The van der Waals surface area contributed by atoms with Crippen molar-refractivity contribution in [1.82, 2.24) is 15.4 Å². The van der Waals surface area contributed by atoms with Gasteiger partial charge in [-0.3, -0.25) is 0 Å². The number of nitrogens with one attached hydrogen (secondary N) is 1. The highest BCUT2D eigenvalue weighted by molar-refractivity contribution is 5.20. The van der Waals surface area contributed by atoms with Gasteiger partial charge in [0.15, 0.2) is 0 Å². The van der Waals surface area contributed by atoms with Gasteiger partial charge in [0.25, 0.3) is 0 Å². The van der Waals surface area contributed by atoms with Gasteiger partial charge >= 0.3 is 0 Å². The Labute approximate surface area is 146 Å². The highest BCUT2D eigenvalue weighted by Crippen LogP contribution is 2.49. The Hall–Kier alpha value is -0.910. The van der Waals surface area contributed by atoms with Crippen LogP contribution in [0.5, 0.6) is 0 Å². The van der Waals surface area contributed by atoms with E-state index in [0.717, 1.165) is 51.9 Å². The molecule has 1 aliphatic heterocycles. The molecule has 0 bridgehead atoms. The smallest absolute Gasteiger partial charge is 0.128 e. The average Bonchev–Trinajstić information content (AvgIpc) is 3.11. The van der Waals surface area contributed by atoms with Gasteiger partial charge in [0, 0.05) is 31.1 Å². The zero-order valence-electron chi connectivity index (χ0n) is 15.7. The first-order chi connectivity index (χ1) is 11.4. The van der Waals surface area contributed by atoms with Crippen molar-refractivity contribution in [1.29, 1.82) is 0 Å². The van der Waals surface area contributed by atoms with Crippen molar-refractivity contribution in [2.24, 2.45) is 5.41 Å². The molecule has 2 heterocycles. The predicted octanol–water partition coefficient (Wildman–Crippen LogP) is 3.17. The minimum Gasteiger partial charge on any atom is -0.374 e. The molecular weight excluding hydrogens is 302 g/mol. The normalized spacial score (nSPS) is 29.6. The molecule has 2 aliphatic rings. The van der Waals surface area contributed by atoms with Crippen molar-refractivity contribution in [2.45, 2.75) is 64.0 Å². The van der Waals surface area contributed by atoms with E-state index in [-0.39, 0.29) is 5.60 Å². The summed E-state index contributed by atoms with van der Waals surface area (Å²) < 4.78 is 11.6. The van der Waals surface area contributed by atoms with Crippen LogP contribution in [0.25, 0.3) is 0 Å². The van der Waals surface area contributed by atoms with E-state index in [1.165, 1.54) is 17.7 Å². The van der Waals surface area contributed by atoms with Crippen LogP contribution in [0.4, 0.5) is 0 Å². The summed E-state index contributed by atoms with van der Waals surface area (Å²) >= 11 is 0. The SMILES string of the molecule is CNCCN(C)Cc1conc1[C@H]1CC[C@@]2(CC1)CC(C)(C)CO2. The van der Waals surface area contributed by atoms with E-state index in [1.54, 1.807) is 0 Å². The number of ether oxygens (including phenoxy) is 1. The molecule has 1 aliphatic carbocycles. The van der Waals surface area contributed by atoms with E-state index in [4.69, 9.17) is 9.26 Å². The molecule has 1 spiro atoms. The van der Waals surface area contributed by atoms with E-state index in [1.807, 2.05) is 13.3 Å². The molecule has 1 aromatic rings. The van der Waals surface area contributed by atoms with Gasteiger partial charge < -0.3 is 19.5 Å². The standard InChI is InChI=1S/C19H33N3O2/c1-18(2)13-19(23-14-18)7-5-15(6-8-19)17-16(12-24-21-17)11-22(4)10-9-20-3/h12,15,20H,5-11,13-14H2,1-4H3/t15-,19+. The molecule has 24 heavy (non-hydrogen) atoms. The molecule has 136 valence electrons. The summed E-state index contributed by atoms with van der Waals surface area (Å²) in [6.45, 7) is 8.48. The fourth-order valence-electron chi connectivity index (χ4n) is 4.45. The Balaban J connectivity index is 1.58. The van der Waals surface area contributed by atoms with Gasteiger partial charge in [0.05, 0.1) is 17.9 Å². The van der Waals surface area contributed by atoms with Crippen molar-refractivity contribution in [2.75, 3.05) is 33.8 Å². The van der Waals surface area contributed by atoms with E-state index in [0.29, 0.717) is 11.3 Å². The summed E-state index contributed by atoms with van der Waals surface area (Å²) in [6.07, 6.45) is 7.67. The monoisotopic (exact) mass is 335 g/mol. The molecule has 0 unspecified atom stereocenters. The number of aromatic nitrogens is 1. The lowest BCUT2D eigenvalue weighted by Crippen LogP contribution is -2.34. The van der Waals surface area contributed by atoms with Crippen molar-refractivity contribution >= 4 is 0 Å². The molecule has 3 rings (SSSR count). The zero-order chi connectivity index (χ0) is 17.2. The lowest BCUT2D eigenvalue weighted by atomic mass is 9.72. The van der Waals surface area contributed by atoms with Crippen molar-refractivity contribution in [3.63, 3.8) is 0 Å². The molecule has 0 amide bonds. The van der Waals surface area contributed by atoms with Crippen LogP contribution < -0.4 is 5.32 Å². The van der Waals surface area contributed by atoms with E-state index >= 15 is 0 Å². The maximum atomic E-state index is 6.24. The number of rotatable bonds is 6. The van der Waals surface area contributed by atoms with Gasteiger partial charge in [-0.05, 0) is 51.6 Å². The lowest BCUT2D eigenvalue weighted by Gasteiger charge is -2.36. The van der Waals surface area contributed by atoms with Gasteiger partial charge in [-0.2, -0.15) is 0 Å². The number of hydrogen-bond acceptors (Lipinski definition) is 5. The number of nitrogens with zero attached hydrogens (tertiary/aromatic N) is 2. The molecule has 1 saturated carbocycles. The summed E-state index contributed by atoms with van der Waals surface area (Å²) in [6, 6.07) is 0. The Morgan fingerprint density at radius 2 is 2.08 bits per heavy atom. The molecule has 0 atom stereocenters. The molecule has 0 radical (unpaired) electrons. The molecule has 1 aromatic heterocycles. The Morgan fingerprint density at radius 1 is 1.33 bits per heavy atom. The van der Waals surface area contributed by atoms with Gasteiger partial charge in [-0.15, -0.1) is 0 Å². The molecule has 2 fully saturated rings. The molecular formula is C19H33N3O2. The lowest BCUT2D eigenvalue weighted by molar-refractivity contribution is -0.0297. The first kappa shape index (κ1) is 17.9. The first-order valence-corrected chi connectivity index (χ1v) is 9.33. The zero-order valence-corrected chi connectivity index (χ0v) is 15.7. The van der Waals surface area contributed by atoms with Crippen LogP contribution in [0.1, 0.15) is 63.1 Å². The van der Waals surface area contributed by atoms with Crippen LogP contribution in [-0.2, 0) is 11.3 Å². The summed E-state index contributed by atoms with van der Waals surface area (Å²) in [4.78, 5) is 2.32. The Morgan fingerprint density at radius 3 is 2.71 bits per heavy atom. The predicted molar refractivity (Wildman–Crippen MR) is 95.1 cm³/mol. The van der Waals surface area contributed by atoms with Crippen LogP contribution in [-0.4, -0.2) is 49.4 Å². The highest BCUT2D eigenvalue weighted by Gasteiger charge is 2.46. The van der Waals surface area contributed by atoms with E-state index in [9.17, 15) is 0 Å². The fraction of sp³-hybridized carbons (Fsp3) is 0.842. The second-order valence-corrected chi connectivity index (χ2v) is 8.65. The number of hydrogen-bond donors (Lipinski definition) is 1. The molecule has 5 nitrogen and oxygen atoms in total. The summed E-state index contributed by atoms with van der Waals surface area (Å²) in [5, 5.41) is 7.55. The van der Waals surface area contributed by atoms with Crippen molar-refractivity contribution in [3.8, 4) is 0 Å². The van der Waals surface area contributed by atoms with Gasteiger partial charge in [0.2, 0.25) is 0 Å². The third-order valence-corrected chi connectivity index (χ3v) is 5.71. The van der Waals surface area contributed by atoms with Crippen LogP contribution in [0.15, 0.2) is 10.8 Å². The minimum atomic E-state index is 0.132. The summed E-state index contributed by atoms with van der Waals surface area (Å²) in [5.74, 6) is 0.523. The third kappa shape index (κ3) is 4.01. The summed E-state index contributed by atoms with van der Waals surface area (Å²) in [5.41, 5.74) is 2.90. The second kappa shape index (κ2) is 7.14. The van der Waals surface area contributed by atoms with Crippen molar-refractivity contribution in [3.05, 3.63) is 17.5 Å². The number of likely N-dealkylation sites (N-methyl/N-ethyl adjacent to an activating group) is 2. The Bertz CT molecular complexity index is 532. The molecule has 0 aromatic carbocycles. The van der Waals surface area contributed by atoms with Gasteiger partial charge in [-0.25, -0.2) is 0 Å². The van der Waals surface area contributed by atoms with Crippen LogP contribution in [0, 0.1) is 5.41 Å². The molecule has 1 saturated heterocycles. The maximum absolute atomic E-state index is 6.24. The van der Waals surface area contributed by atoms with E-state index < -0.39 is 0 Å². The third-order valence-electron chi connectivity index (χ3n) is 5.71. The highest BCUT2D eigenvalue weighted by atomic mass is 16.5. The van der Waals surface area contributed by atoms with E-state index in [2.05, 4.69) is 36.3 Å². The second-order valence-electron chi connectivity index (χ2n) is 8.65. The quantitative estimate of drug-likeness (QED) is 0.865. The largest absolute Gasteiger partial charge is 0.374 e. The minimum absolute atomic E-state index is 0.132.